The first-order valence-electron chi connectivity index (χ1n) is 7.32. The van der Waals surface area contributed by atoms with E-state index in [9.17, 15) is 29.8 Å². The second kappa shape index (κ2) is 7.67. The molecule has 0 bridgehead atoms. The van der Waals surface area contributed by atoms with E-state index >= 15 is 0 Å². The number of nitrogens with one attached hydrogen (secondary N) is 1. The van der Waals surface area contributed by atoms with Crippen LogP contribution < -0.4 is 5.32 Å². The SMILES string of the molecule is O=C1C=C(Nc2cc([N+](=O)[O-])cc([N+](=O)[O-])c2CCO)C(=O)N1CCO. The molecule has 0 atom stereocenters. The zero-order chi connectivity index (χ0) is 19.4. The Morgan fingerprint density at radius 3 is 2.31 bits per heavy atom. The number of rotatable bonds is 8. The van der Waals surface area contributed by atoms with Crippen LogP contribution in [0.5, 0.6) is 0 Å². The van der Waals surface area contributed by atoms with Crippen LogP contribution in [-0.4, -0.2) is 56.5 Å². The average Bonchev–Trinajstić information content (AvgIpc) is 2.83. The molecule has 12 nitrogen and oxygen atoms in total. The number of imide groups is 1. The van der Waals surface area contributed by atoms with Gasteiger partial charge in [-0.05, 0) is 0 Å². The van der Waals surface area contributed by atoms with Crippen LogP contribution >= 0.6 is 0 Å². The number of nitrogens with zero attached hydrogens (tertiary/aromatic N) is 3. The smallest absolute Gasteiger partial charge is 0.281 e. The van der Waals surface area contributed by atoms with E-state index in [0.717, 1.165) is 23.1 Å². The number of carbonyl (C=O) groups excluding carboxylic acids is 2. The molecule has 2 rings (SSSR count). The number of nitro groups is 2. The number of aliphatic hydroxyl groups excluding tert-OH is 2. The highest BCUT2D eigenvalue weighted by Gasteiger charge is 2.32. The van der Waals surface area contributed by atoms with Crippen LogP contribution in [0.2, 0.25) is 0 Å². The topological polar surface area (TPSA) is 176 Å². The summed E-state index contributed by atoms with van der Waals surface area (Å²) < 4.78 is 0. The van der Waals surface area contributed by atoms with Crippen molar-refractivity contribution in [1.82, 2.24) is 4.90 Å². The predicted octanol–water partition coefficient (Wildman–Crippen LogP) is -0.305. The van der Waals surface area contributed by atoms with Crippen LogP contribution in [0.1, 0.15) is 5.56 Å². The Hall–Kier alpha value is -3.38. The van der Waals surface area contributed by atoms with Gasteiger partial charge in [-0.1, -0.05) is 0 Å². The van der Waals surface area contributed by atoms with Gasteiger partial charge in [-0.2, -0.15) is 0 Å². The summed E-state index contributed by atoms with van der Waals surface area (Å²) in [5.74, 6) is -1.48. The van der Waals surface area contributed by atoms with Crippen LogP contribution in [0, 0.1) is 20.2 Å². The summed E-state index contributed by atoms with van der Waals surface area (Å²) in [5.41, 5.74) is -1.63. The highest BCUT2D eigenvalue weighted by atomic mass is 16.6. The summed E-state index contributed by atoms with van der Waals surface area (Å²) in [5, 5.41) is 42.8. The van der Waals surface area contributed by atoms with E-state index in [4.69, 9.17) is 10.2 Å². The lowest BCUT2D eigenvalue weighted by molar-refractivity contribution is -0.394. The first kappa shape index (κ1) is 19.0. The minimum Gasteiger partial charge on any atom is -0.396 e. The Kier molecular flexibility index (Phi) is 5.59. The lowest BCUT2D eigenvalue weighted by Crippen LogP contribution is -2.34. The first-order valence-corrected chi connectivity index (χ1v) is 7.32. The van der Waals surface area contributed by atoms with E-state index < -0.39 is 46.2 Å². The molecule has 1 aliphatic heterocycles. The van der Waals surface area contributed by atoms with Gasteiger partial charge in [-0.25, -0.2) is 0 Å². The lowest BCUT2D eigenvalue weighted by atomic mass is 10.1. The Morgan fingerprint density at radius 2 is 1.77 bits per heavy atom. The third-order valence-electron chi connectivity index (χ3n) is 3.58. The van der Waals surface area contributed by atoms with Gasteiger partial charge in [0.15, 0.2) is 0 Å². The van der Waals surface area contributed by atoms with Gasteiger partial charge in [0.2, 0.25) is 0 Å². The Labute approximate surface area is 145 Å². The molecule has 0 spiro atoms. The van der Waals surface area contributed by atoms with E-state index in [2.05, 4.69) is 5.32 Å². The van der Waals surface area contributed by atoms with E-state index in [1.54, 1.807) is 0 Å². The monoisotopic (exact) mass is 366 g/mol. The highest BCUT2D eigenvalue weighted by Crippen LogP contribution is 2.34. The van der Waals surface area contributed by atoms with Gasteiger partial charge in [0, 0.05) is 25.2 Å². The molecule has 1 heterocycles. The number of hydrogen-bond acceptors (Lipinski definition) is 9. The fourth-order valence-electron chi connectivity index (χ4n) is 2.45. The van der Waals surface area contributed by atoms with Crippen molar-refractivity contribution in [2.45, 2.75) is 6.42 Å². The number of hydrogen-bond donors (Lipinski definition) is 3. The molecule has 3 N–H and O–H groups in total. The largest absolute Gasteiger partial charge is 0.396 e. The second-order valence-electron chi connectivity index (χ2n) is 5.18. The van der Waals surface area contributed by atoms with E-state index in [1.807, 2.05) is 0 Å². The summed E-state index contributed by atoms with van der Waals surface area (Å²) in [7, 11) is 0. The van der Waals surface area contributed by atoms with Crippen molar-refractivity contribution in [2.75, 3.05) is 25.1 Å². The Morgan fingerprint density at radius 1 is 1.08 bits per heavy atom. The minimum atomic E-state index is -0.838. The van der Waals surface area contributed by atoms with Gasteiger partial charge in [0.05, 0.1) is 40.3 Å². The van der Waals surface area contributed by atoms with Crippen LogP contribution in [0.4, 0.5) is 17.1 Å². The summed E-state index contributed by atoms with van der Waals surface area (Å²) in [6.45, 7) is -1.16. The number of β-amino-alcohol motifs (C(OH)–C–C–N with tert-alkyl or cyclic N) is 1. The second-order valence-corrected chi connectivity index (χ2v) is 5.18. The van der Waals surface area contributed by atoms with Crippen molar-refractivity contribution in [1.29, 1.82) is 0 Å². The molecular weight excluding hydrogens is 352 g/mol. The molecule has 12 heteroatoms. The molecule has 1 aliphatic rings. The maximum absolute atomic E-state index is 12.2. The molecule has 0 saturated heterocycles. The summed E-state index contributed by atoms with van der Waals surface area (Å²) in [6.07, 6.45) is 0.720. The van der Waals surface area contributed by atoms with Crippen LogP contribution in [0.15, 0.2) is 23.9 Å². The molecule has 1 aromatic carbocycles. The number of non-ortho nitro benzene ring substituents is 1. The average molecular weight is 366 g/mol. The maximum atomic E-state index is 12.2. The quantitative estimate of drug-likeness (QED) is 0.316. The zero-order valence-electron chi connectivity index (χ0n) is 13.2. The van der Waals surface area contributed by atoms with Crippen molar-refractivity contribution in [3.05, 3.63) is 49.7 Å². The standard InChI is InChI=1S/C14H14N4O8/c19-3-1-9-10(5-8(17(23)24)6-12(9)18(25)26)15-11-7-13(21)16(2-4-20)14(11)22/h5-7,15,19-20H,1-4H2. The number of nitro benzene ring substituents is 2. The molecular formula is C14H14N4O8. The number of anilines is 1. The van der Waals surface area contributed by atoms with Crippen LogP contribution in [0.25, 0.3) is 0 Å². The van der Waals surface area contributed by atoms with E-state index in [-0.39, 0.29) is 29.9 Å². The molecule has 0 saturated carbocycles. The summed E-state index contributed by atoms with van der Waals surface area (Å²) in [6, 6.07) is 1.73. The molecule has 138 valence electrons. The molecule has 2 amide bonds. The number of carbonyl (C=O) groups is 2. The maximum Gasteiger partial charge on any atom is 0.281 e. The fraction of sp³-hybridized carbons (Fsp3) is 0.286. The van der Waals surface area contributed by atoms with Crippen LogP contribution in [-0.2, 0) is 16.0 Å². The minimum absolute atomic E-state index is 0.0511. The van der Waals surface area contributed by atoms with Crippen molar-refractivity contribution in [2.24, 2.45) is 0 Å². The van der Waals surface area contributed by atoms with Crippen molar-refractivity contribution < 1.29 is 29.6 Å². The molecule has 0 aromatic heterocycles. The van der Waals surface area contributed by atoms with Crippen molar-refractivity contribution in [3.63, 3.8) is 0 Å². The normalized spacial score (nSPS) is 13.8. The van der Waals surface area contributed by atoms with Crippen molar-refractivity contribution >= 4 is 28.9 Å². The van der Waals surface area contributed by atoms with Crippen LogP contribution in [0.3, 0.4) is 0 Å². The molecule has 0 radical (unpaired) electrons. The fourth-order valence-corrected chi connectivity index (χ4v) is 2.45. The summed E-state index contributed by atoms with van der Waals surface area (Å²) >= 11 is 0. The number of benzene rings is 1. The molecule has 0 unspecified atom stereocenters. The molecule has 0 fully saturated rings. The lowest BCUT2D eigenvalue weighted by Gasteiger charge is -2.15. The van der Waals surface area contributed by atoms with Crippen molar-refractivity contribution in [3.8, 4) is 0 Å². The third-order valence-corrected chi connectivity index (χ3v) is 3.58. The Balaban J connectivity index is 2.49. The molecule has 1 aromatic rings. The molecule has 0 aliphatic carbocycles. The Bertz CT molecular complexity index is 819. The summed E-state index contributed by atoms with van der Waals surface area (Å²) in [4.78, 5) is 45.2. The number of aliphatic hydroxyl groups is 2. The highest BCUT2D eigenvalue weighted by molar-refractivity contribution is 6.17. The van der Waals surface area contributed by atoms with E-state index in [0.29, 0.717) is 0 Å². The first-order chi connectivity index (χ1) is 12.3. The van der Waals surface area contributed by atoms with E-state index in [1.165, 1.54) is 0 Å². The van der Waals surface area contributed by atoms with Gasteiger partial charge in [0.1, 0.15) is 5.70 Å². The predicted molar refractivity (Wildman–Crippen MR) is 86.1 cm³/mol. The van der Waals surface area contributed by atoms with Gasteiger partial charge in [-0.3, -0.25) is 34.7 Å². The number of amides is 2. The van der Waals surface area contributed by atoms with Gasteiger partial charge >= 0.3 is 0 Å². The zero-order valence-corrected chi connectivity index (χ0v) is 13.2. The third kappa shape index (κ3) is 3.65. The van der Waals surface area contributed by atoms with Gasteiger partial charge in [0.25, 0.3) is 23.2 Å². The molecule has 26 heavy (non-hydrogen) atoms. The van der Waals surface area contributed by atoms with Gasteiger partial charge in [-0.15, -0.1) is 0 Å². The van der Waals surface area contributed by atoms with Gasteiger partial charge < -0.3 is 15.5 Å².